The first-order valence-corrected chi connectivity index (χ1v) is 10.5. The highest BCUT2D eigenvalue weighted by molar-refractivity contribution is 7.89. The number of hydrogen-bond acceptors (Lipinski definition) is 4. The lowest BCUT2D eigenvalue weighted by molar-refractivity contribution is -0.0629. The number of nitrogens with zero attached hydrogens (tertiary/aromatic N) is 1. The van der Waals surface area contributed by atoms with Gasteiger partial charge in [-0.3, -0.25) is 0 Å². The van der Waals surface area contributed by atoms with E-state index in [1.54, 1.807) is 29.6 Å². The molecule has 0 aliphatic carbocycles. The molecule has 2 aromatic rings. The molecule has 1 aliphatic heterocycles. The zero-order valence-electron chi connectivity index (χ0n) is 16.3. The fourth-order valence-electron chi connectivity index (χ4n) is 3.44. The molecule has 0 amide bonds. The van der Waals surface area contributed by atoms with Crippen LogP contribution in [0.4, 0.5) is 0 Å². The van der Waals surface area contributed by atoms with Crippen molar-refractivity contribution in [3.8, 4) is 5.75 Å². The van der Waals surface area contributed by atoms with Gasteiger partial charge in [0.2, 0.25) is 10.0 Å². The van der Waals surface area contributed by atoms with Crippen LogP contribution in [0.2, 0.25) is 0 Å². The minimum Gasteiger partial charge on any atom is -0.496 e. The van der Waals surface area contributed by atoms with Crippen molar-refractivity contribution < 1.29 is 17.9 Å². The molecule has 0 N–H and O–H groups in total. The second-order valence-electron chi connectivity index (χ2n) is 7.60. The minimum absolute atomic E-state index is 0.172. The second-order valence-corrected chi connectivity index (χ2v) is 9.47. The Labute approximate surface area is 162 Å². The highest BCUT2D eigenvalue weighted by atomic mass is 32.2. The highest BCUT2D eigenvalue weighted by Crippen LogP contribution is 2.32. The average molecular weight is 390 g/mol. The minimum atomic E-state index is -3.64. The van der Waals surface area contributed by atoms with E-state index in [-0.39, 0.29) is 11.0 Å². The van der Waals surface area contributed by atoms with Gasteiger partial charge >= 0.3 is 0 Å². The first kappa shape index (κ1) is 19.9. The van der Waals surface area contributed by atoms with E-state index in [0.717, 1.165) is 11.1 Å². The zero-order valence-corrected chi connectivity index (χ0v) is 17.1. The molecule has 1 fully saturated rings. The summed E-state index contributed by atoms with van der Waals surface area (Å²) in [6, 6.07) is 15.0. The van der Waals surface area contributed by atoms with Crippen molar-refractivity contribution in [2.45, 2.75) is 43.7 Å². The van der Waals surface area contributed by atoms with Gasteiger partial charge in [-0.2, -0.15) is 4.31 Å². The van der Waals surface area contributed by atoms with Crippen LogP contribution < -0.4 is 4.74 Å². The predicted octanol–water partition coefficient (Wildman–Crippen LogP) is 3.41. The lowest BCUT2D eigenvalue weighted by Gasteiger charge is -2.44. The van der Waals surface area contributed by atoms with Gasteiger partial charge in [-0.1, -0.05) is 30.3 Å². The Bertz CT molecular complexity index is 894. The maximum atomic E-state index is 13.4. The number of morpholine rings is 1. The largest absolute Gasteiger partial charge is 0.496 e. The Hall–Kier alpha value is -1.89. The number of ether oxygens (including phenoxy) is 2. The van der Waals surface area contributed by atoms with E-state index in [1.165, 1.54) is 0 Å². The summed E-state index contributed by atoms with van der Waals surface area (Å²) in [5.74, 6) is 0.678. The van der Waals surface area contributed by atoms with Crippen LogP contribution in [0.25, 0.3) is 0 Å². The van der Waals surface area contributed by atoms with Gasteiger partial charge in [0.25, 0.3) is 0 Å². The SMILES string of the molecule is COc1ccc(S(=O)(=O)N2CC(Cc3ccccc3)OCC2(C)C)cc1C. The van der Waals surface area contributed by atoms with Crippen molar-refractivity contribution in [3.05, 3.63) is 59.7 Å². The summed E-state index contributed by atoms with van der Waals surface area (Å²) in [6.45, 7) is 6.34. The fourth-order valence-corrected chi connectivity index (χ4v) is 5.33. The van der Waals surface area contributed by atoms with E-state index in [9.17, 15) is 8.42 Å². The summed E-state index contributed by atoms with van der Waals surface area (Å²) in [7, 11) is -2.07. The molecule has 3 rings (SSSR count). The molecule has 0 aromatic heterocycles. The van der Waals surface area contributed by atoms with Crippen LogP contribution in [-0.2, 0) is 21.2 Å². The number of aryl methyl sites for hydroxylation is 1. The van der Waals surface area contributed by atoms with Gasteiger partial charge < -0.3 is 9.47 Å². The van der Waals surface area contributed by atoms with E-state index in [2.05, 4.69) is 0 Å². The molecule has 2 aromatic carbocycles. The Morgan fingerprint density at radius 1 is 1.19 bits per heavy atom. The van der Waals surface area contributed by atoms with Gasteiger partial charge in [-0.15, -0.1) is 0 Å². The quantitative estimate of drug-likeness (QED) is 0.786. The van der Waals surface area contributed by atoms with E-state index < -0.39 is 15.6 Å². The molecule has 0 bridgehead atoms. The fraction of sp³-hybridized carbons (Fsp3) is 0.429. The lowest BCUT2D eigenvalue weighted by atomic mass is 10.0. The molecule has 1 atom stereocenters. The maximum Gasteiger partial charge on any atom is 0.243 e. The number of methoxy groups -OCH3 is 1. The normalized spacial score (nSPS) is 20.4. The molecule has 1 aliphatic rings. The number of benzene rings is 2. The van der Waals surface area contributed by atoms with Crippen molar-refractivity contribution in [1.29, 1.82) is 0 Å². The third-order valence-corrected chi connectivity index (χ3v) is 7.05. The molecule has 0 saturated carbocycles. The molecule has 5 nitrogen and oxygen atoms in total. The van der Waals surface area contributed by atoms with E-state index in [0.29, 0.717) is 25.3 Å². The molecule has 146 valence electrons. The Morgan fingerprint density at radius 3 is 2.52 bits per heavy atom. The Kier molecular flexibility index (Phi) is 5.60. The van der Waals surface area contributed by atoms with Crippen LogP contribution in [0.1, 0.15) is 25.0 Å². The molecule has 0 radical (unpaired) electrons. The number of rotatable bonds is 5. The van der Waals surface area contributed by atoms with Crippen LogP contribution in [0.15, 0.2) is 53.4 Å². The van der Waals surface area contributed by atoms with Crippen molar-refractivity contribution in [2.75, 3.05) is 20.3 Å². The van der Waals surface area contributed by atoms with Crippen LogP contribution in [0.3, 0.4) is 0 Å². The van der Waals surface area contributed by atoms with E-state index in [1.807, 2.05) is 51.1 Å². The third-order valence-electron chi connectivity index (χ3n) is 4.98. The molecular formula is C21H27NO4S. The van der Waals surface area contributed by atoms with Gasteiger partial charge in [-0.05, 0) is 56.5 Å². The van der Waals surface area contributed by atoms with Crippen LogP contribution in [0.5, 0.6) is 5.75 Å². The van der Waals surface area contributed by atoms with Gasteiger partial charge in [0.1, 0.15) is 5.75 Å². The van der Waals surface area contributed by atoms with Crippen LogP contribution >= 0.6 is 0 Å². The third kappa shape index (κ3) is 4.18. The van der Waals surface area contributed by atoms with Gasteiger partial charge in [0.15, 0.2) is 0 Å². The van der Waals surface area contributed by atoms with Gasteiger partial charge in [0.05, 0.1) is 30.3 Å². The van der Waals surface area contributed by atoms with Crippen LogP contribution in [-0.4, -0.2) is 44.6 Å². The average Bonchev–Trinajstić information content (AvgIpc) is 2.63. The summed E-state index contributed by atoms with van der Waals surface area (Å²) in [4.78, 5) is 0.286. The summed E-state index contributed by atoms with van der Waals surface area (Å²) >= 11 is 0. The van der Waals surface area contributed by atoms with Gasteiger partial charge in [-0.25, -0.2) is 8.42 Å². The first-order chi connectivity index (χ1) is 12.7. The number of hydrogen-bond donors (Lipinski definition) is 0. The Morgan fingerprint density at radius 2 is 1.89 bits per heavy atom. The standard InChI is InChI=1S/C21H27NO4S/c1-16-12-19(10-11-20(16)25-4)27(23,24)22-14-18(26-15-21(22,2)3)13-17-8-6-5-7-9-17/h5-12,18H,13-15H2,1-4H3. The van der Waals surface area contributed by atoms with Crippen molar-refractivity contribution >= 4 is 10.0 Å². The highest BCUT2D eigenvalue weighted by Gasteiger charge is 2.43. The summed E-state index contributed by atoms with van der Waals surface area (Å²) in [6.07, 6.45) is 0.513. The lowest BCUT2D eigenvalue weighted by Crippen LogP contribution is -2.58. The van der Waals surface area contributed by atoms with Gasteiger partial charge in [0, 0.05) is 6.54 Å². The molecular weight excluding hydrogens is 362 g/mol. The number of sulfonamides is 1. The molecule has 6 heteroatoms. The van der Waals surface area contributed by atoms with E-state index >= 15 is 0 Å². The summed E-state index contributed by atoms with van der Waals surface area (Å²) in [5, 5.41) is 0. The van der Waals surface area contributed by atoms with Crippen molar-refractivity contribution in [3.63, 3.8) is 0 Å². The summed E-state index contributed by atoms with van der Waals surface area (Å²) in [5.41, 5.74) is 1.32. The second kappa shape index (κ2) is 7.62. The van der Waals surface area contributed by atoms with Crippen LogP contribution in [0, 0.1) is 6.92 Å². The predicted molar refractivity (Wildman–Crippen MR) is 106 cm³/mol. The zero-order chi connectivity index (χ0) is 19.7. The van der Waals surface area contributed by atoms with E-state index in [4.69, 9.17) is 9.47 Å². The maximum absolute atomic E-state index is 13.4. The van der Waals surface area contributed by atoms with Crippen molar-refractivity contribution in [2.24, 2.45) is 0 Å². The Balaban J connectivity index is 1.88. The first-order valence-electron chi connectivity index (χ1n) is 9.07. The summed E-state index contributed by atoms with van der Waals surface area (Å²) < 4.78 is 39.6. The molecule has 0 spiro atoms. The topological polar surface area (TPSA) is 55.8 Å². The smallest absolute Gasteiger partial charge is 0.243 e. The van der Waals surface area contributed by atoms with Crippen molar-refractivity contribution in [1.82, 2.24) is 4.31 Å². The molecule has 1 heterocycles. The molecule has 1 saturated heterocycles. The molecule has 1 unspecified atom stereocenters. The monoisotopic (exact) mass is 389 g/mol. The molecule has 27 heavy (non-hydrogen) atoms.